The van der Waals surface area contributed by atoms with E-state index in [0.29, 0.717) is 12.5 Å². The molecule has 1 aliphatic heterocycles. The van der Waals surface area contributed by atoms with Crippen molar-refractivity contribution in [3.8, 4) is 0 Å². The van der Waals surface area contributed by atoms with Gasteiger partial charge in [-0.2, -0.15) is 0 Å². The molecule has 3 aromatic rings. The summed E-state index contributed by atoms with van der Waals surface area (Å²) in [7, 11) is 2.11. The number of para-hydroxylation sites is 1. The summed E-state index contributed by atoms with van der Waals surface area (Å²) in [5, 5.41) is 1.21. The van der Waals surface area contributed by atoms with Crippen molar-refractivity contribution in [2.24, 2.45) is 5.41 Å². The Kier molecular flexibility index (Phi) is 5.80. The maximum Gasteiger partial charge on any atom is 0.229 e. The molecule has 1 atom stereocenters. The molecular weight excluding hydrogens is 372 g/mol. The molecule has 1 unspecified atom stereocenters. The zero-order valence-corrected chi connectivity index (χ0v) is 18.3. The number of hydrogen-bond acceptors (Lipinski definition) is 3. The number of hydrogen-bond donors (Lipinski definition) is 1. The number of carbonyl (C=O) groups excluding carboxylic acids is 1. The minimum Gasteiger partial charge on any atom is -0.374 e. The minimum absolute atomic E-state index is 0.263. The van der Waals surface area contributed by atoms with Gasteiger partial charge < -0.3 is 14.8 Å². The van der Waals surface area contributed by atoms with Gasteiger partial charge in [-0.25, -0.2) is 0 Å². The molecule has 1 aliphatic rings. The van der Waals surface area contributed by atoms with Crippen molar-refractivity contribution < 1.29 is 4.79 Å². The molecular formula is C25H32N4O. The van der Waals surface area contributed by atoms with Gasteiger partial charge in [0.15, 0.2) is 0 Å². The Morgan fingerprint density at radius 2 is 2.10 bits per heavy atom. The van der Waals surface area contributed by atoms with Crippen LogP contribution in [-0.2, 0) is 11.3 Å². The summed E-state index contributed by atoms with van der Waals surface area (Å²) in [4.78, 5) is 25.6. The Morgan fingerprint density at radius 1 is 1.27 bits per heavy atom. The van der Waals surface area contributed by atoms with Gasteiger partial charge in [0.2, 0.25) is 5.91 Å². The monoisotopic (exact) mass is 404 g/mol. The van der Waals surface area contributed by atoms with Gasteiger partial charge in [0, 0.05) is 61.4 Å². The first-order chi connectivity index (χ1) is 14.5. The molecule has 4 rings (SSSR count). The number of H-pyrrole nitrogens is 1. The van der Waals surface area contributed by atoms with E-state index in [4.69, 9.17) is 0 Å². The number of fused-ring (bicyclic) bond motifs is 1. The van der Waals surface area contributed by atoms with Gasteiger partial charge in [-0.05, 0) is 56.4 Å². The highest BCUT2D eigenvalue weighted by atomic mass is 16.2. The number of piperidine rings is 1. The molecule has 1 saturated heterocycles. The van der Waals surface area contributed by atoms with Crippen LogP contribution in [0.2, 0.25) is 0 Å². The molecule has 0 bridgehead atoms. The summed E-state index contributed by atoms with van der Waals surface area (Å²) in [6, 6.07) is 12.5. The standard InChI is InChI=1S/C25H32N4O/c1-4-25(12-15-28(3)21-10-13-26-19(2)16-21)11-7-14-29(24(25)30)18-20-17-27-23-9-6-5-8-22(20)23/h5-6,8-10,13,16-17,27H,4,7,11-12,14-15,18H2,1-3H3. The normalized spacial score (nSPS) is 19.4. The highest BCUT2D eigenvalue weighted by Crippen LogP contribution is 2.39. The molecule has 1 aromatic carbocycles. The van der Waals surface area contributed by atoms with E-state index in [1.165, 1.54) is 10.9 Å². The van der Waals surface area contributed by atoms with Gasteiger partial charge in [-0.3, -0.25) is 9.78 Å². The molecule has 1 fully saturated rings. The van der Waals surface area contributed by atoms with Crippen LogP contribution in [0.5, 0.6) is 0 Å². The van der Waals surface area contributed by atoms with Crippen LogP contribution in [0.25, 0.3) is 10.9 Å². The third kappa shape index (κ3) is 3.93. The highest BCUT2D eigenvalue weighted by molar-refractivity contribution is 5.86. The molecule has 0 radical (unpaired) electrons. The van der Waals surface area contributed by atoms with Crippen LogP contribution in [0.3, 0.4) is 0 Å². The van der Waals surface area contributed by atoms with E-state index in [9.17, 15) is 4.79 Å². The second-order valence-electron chi connectivity index (χ2n) is 8.65. The average Bonchev–Trinajstić information content (AvgIpc) is 3.17. The minimum atomic E-state index is -0.263. The number of aromatic amines is 1. The molecule has 3 heterocycles. The molecule has 5 nitrogen and oxygen atoms in total. The summed E-state index contributed by atoms with van der Waals surface area (Å²) in [5.41, 5.74) is 4.25. The van der Waals surface area contributed by atoms with Gasteiger partial charge in [0.05, 0.1) is 5.41 Å². The lowest BCUT2D eigenvalue weighted by atomic mass is 9.74. The predicted molar refractivity (Wildman–Crippen MR) is 123 cm³/mol. The molecule has 2 aromatic heterocycles. The summed E-state index contributed by atoms with van der Waals surface area (Å²) in [5.74, 6) is 0.320. The van der Waals surface area contributed by atoms with Crippen LogP contribution in [0, 0.1) is 12.3 Å². The maximum atomic E-state index is 13.6. The summed E-state index contributed by atoms with van der Waals surface area (Å²) in [6.07, 6.45) is 7.73. The SMILES string of the molecule is CCC1(CCN(C)c2ccnc(C)c2)CCCN(Cc2c[nH]c3ccccc23)C1=O. The quantitative estimate of drug-likeness (QED) is 0.608. The van der Waals surface area contributed by atoms with Crippen molar-refractivity contribution in [2.75, 3.05) is 25.0 Å². The van der Waals surface area contributed by atoms with Gasteiger partial charge >= 0.3 is 0 Å². The topological polar surface area (TPSA) is 52.2 Å². The zero-order chi connectivity index (χ0) is 21.1. The van der Waals surface area contributed by atoms with Crippen LogP contribution in [0.15, 0.2) is 48.8 Å². The Hall–Kier alpha value is -2.82. The largest absolute Gasteiger partial charge is 0.374 e. The van der Waals surface area contributed by atoms with Crippen molar-refractivity contribution in [3.05, 3.63) is 60.0 Å². The molecule has 1 N–H and O–H groups in total. The van der Waals surface area contributed by atoms with E-state index in [1.807, 2.05) is 25.3 Å². The predicted octanol–water partition coefficient (Wildman–Crippen LogP) is 4.92. The summed E-state index contributed by atoms with van der Waals surface area (Å²) >= 11 is 0. The first-order valence-electron chi connectivity index (χ1n) is 11.0. The first-order valence-corrected chi connectivity index (χ1v) is 11.0. The molecule has 0 saturated carbocycles. The van der Waals surface area contributed by atoms with E-state index < -0.39 is 0 Å². The number of carbonyl (C=O) groups is 1. The third-order valence-electron chi connectivity index (χ3n) is 6.78. The van der Waals surface area contributed by atoms with E-state index in [-0.39, 0.29) is 5.41 Å². The van der Waals surface area contributed by atoms with Crippen LogP contribution < -0.4 is 4.90 Å². The number of aryl methyl sites for hydroxylation is 1. The fourth-order valence-corrected chi connectivity index (χ4v) is 4.79. The van der Waals surface area contributed by atoms with Crippen molar-refractivity contribution in [1.82, 2.24) is 14.9 Å². The maximum absolute atomic E-state index is 13.6. The van der Waals surface area contributed by atoms with E-state index in [0.717, 1.165) is 55.7 Å². The lowest BCUT2D eigenvalue weighted by Crippen LogP contribution is -2.49. The van der Waals surface area contributed by atoms with Gasteiger partial charge in [0.1, 0.15) is 0 Å². The van der Waals surface area contributed by atoms with Crippen molar-refractivity contribution in [1.29, 1.82) is 0 Å². The number of rotatable bonds is 7. The Balaban J connectivity index is 1.48. The molecule has 5 heteroatoms. The lowest BCUT2D eigenvalue weighted by Gasteiger charge is -2.42. The Bertz CT molecular complexity index is 1030. The Morgan fingerprint density at radius 3 is 2.90 bits per heavy atom. The molecule has 158 valence electrons. The molecule has 0 aliphatic carbocycles. The van der Waals surface area contributed by atoms with Crippen molar-refractivity contribution in [2.45, 2.75) is 46.1 Å². The second kappa shape index (κ2) is 8.50. The summed E-state index contributed by atoms with van der Waals surface area (Å²) in [6.45, 7) is 6.58. The van der Waals surface area contributed by atoms with Crippen LogP contribution in [-0.4, -0.2) is 40.9 Å². The zero-order valence-electron chi connectivity index (χ0n) is 18.3. The van der Waals surface area contributed by atoms with E-state index >= 15 is 0 Å². The van der Waals surface area contributed by atoms with Gasteiger partial charge in [-0.1, -0.05) is 25.1 Å². The van der Waals surface area contributed by atoms with Crippen LogP contribution >= 0.6 is 0 Å². The smallest absolute Gasteiger partial charge is 0.229 e. The van der Waals surface area contributed by atoms with E-state index in [2.05, 4.69) is 64.2 Å². The van der Waals surface area contributed by atoms with Gasteiger partial charge in [0.25, 0.3) is 0 Å². The average molecular weight is 405 g/mol. The van der Waals surface area contributed by atoms with E-state index in [1.54, 1.807) is 0 Å². The third-order valence-corrected chi connectivity index (χ3v) is 6.78. The fraction of sp³-hybridized carbons (Fsp3) is 0.440. The van der Waals surface area contributed by atoms with Gasteiger partial charge in [-0.15, -0.1) is 0 Å². The van der Waals surface area contributed by atoms with Crippen molar-refractivity contribution >= 4 is 22.5 Å². The van der Waals surface area contributed by atoms with Crippen molar-refractivity contribution in [3.63, 3.8) is 0 Å². The molecule has 30 heavy (non-hydrogen) atoms. The number of pyridine rings is 1. The first kappa shape index (κ1) is 20.5. The molecule has 0 spiro atoms. The van der Waals surface area contributed by atoms with Crippen LogP contribution in [0.4, 0.5) is 5.69 Å². The summed E-state index contributed by atoms with van der Waals surface area (Å²) < 4.78 is 0. The number of aromatic nitrogens is 2. The Labute approximate surface area is 179 Å². The van der Waals surface area contributed by atoms with Crippen LogP contribution in [0.1, 0.15) is 43.9 Å². The highest BCUT2D eigenvalue weighted by Gasteiger charge is 2.42. The fourth-order valence-electron chi connectivity index (χ4n) is 4.79. The number of anilines is 1. The molecule has 1 amide bonds. The number of nitrogens with one attached hydrogen (secondary N) is 1. The number of amides is 1. The number of benzene rings is 1. The second-order valence-corrected chi connectivity index (χ2v) is 8.65. The number of likely N-dealkylation sites (tertiary alicyclic amines) is 1. The number of nitrogens with zero attached hydrogens (tertiary/aromatic N) is 3. The lowest BCUT2D eigenvalue weighted by molar-refractivity contribution is -0.147.